The summed E-state index contributed by atoms with van der Waals surface area (Å²) in [6, 6.07) is 1.63. The van der Waals surface area contributed by atoms with Gasteiger partial charge >= 0.3 is 5.69 Å². The highest BCUT2D eigenvalue weighted by Gasteiger charge is 2.19. The Kier molecular flexibility index (Phi) is 2.66. The van der Waals surface area contributed by atoms with Crippen molar-refractivity contribution in [1.82, 2.24) is 4.98 Å². The van der Waals surface area contributed by atoms with E-state index in [-0.39, 0.29) is 15.7 Å². The number of hydrogen-bond acceptors (Lipinski definition) is 4. The molecule has 0 bridgehead atoms. The zero-order valence-electron chi connectivity index (χ0n) is 5.99. The van der Waals surface area contributed by atoms with Gasteiger partial charge in [-0.25, -0.2) is 4.98 Å². The van der Waals surface area contributed by atoms with E-state index < -0.39 is 10.6 Å². The SMILES string of the molecule is N#Cc1c(Cl)ncc([N+](=O)[O-])c1Cl. The molecule has 0 fully saturated rings. The average molecular weight is 218 g/mol. The van der Waals surface area contributed by atoms with Crippen molar-refractivity contribution >= 4 is 28.9 Å². The number of halogens is 2. The van der Waals surface area contributed by atoms with E-state index in [0.29, 0.717) is 0 Å². The summed E-state index contributed by atoms with van der Waals surface area (Å²) in [5, 5.41) is 18.4. The number of pyridine rings is 1. The molecule has 0 unspecified atom stereocenters. The molecule has 5 nitrogen and oxygen atoms in total. The van der Waals surface area contributed by atoms with Crippen LogP contribution in [0.15, 0.2) is 6.20 Å². The molecule has 0 radical (unpaired) electrons. The highest BCUT2D eigenvalue weighted by atomic mass is 35.5. The molecule has 0 aliphatic rings. The van der Waals surface area contributed by atoms with E-state index in [0.717, 1.165) is 6.20 Å². The number of aromatic nitrogens is 1. The van der Waals surface area contributed by atoms with Gasteiger partial charge in [-0.3, -0.25) is 10.1 Å². The number of rotatable bonds is 1. The average Bonchev–Trinajstić information content (AvgIpc) is 2.04. The smallest absolute Gasteiger partial charge is 0.258 e. The lowest BCUT2D eigenvalue weighted by atomic mass is 10.3. The van der Waals surface area contributed by atoms with E-state index >= 15 is 0 Å². The molecule has 13 heavy (non-hydrogen) atoms. The first-order valence-electron chi connectivity index (χ1n) is 2.96. The van der Waals surface area contributed by atoms with Crippen molar-refractivity contribution < 1.29 is 4.92 Å². The van der Waals surface area contributed by atoms with Gasteiger partial charge in [0.25, 0.3) is 0 Å². The maximum atomic E-state index is 10.3. The van der Waals surface area contributed by atoms with Crippen LogP contribution in [0.25, 0.3) is 0 Å². The standard InChI is InChI=1S/C6HCl2N3O2/c7-5-3(1-9)6(8)10-2-4(5)11(12)13/h2H. The molecule has 0 saturated carbocycles. The van der Waals surface area contributed by atoms with Gasteiger partial charge in [0.1, 0.15) is 28.0 Å². The maximum absolute atomic E-state index is 10.3. The van der Waals surface area contributed by atoms with Crippen molar-refractivity contribution in [2.24, 2.45) is 0 Å². The van der Waals surface area contributed by atoms with Crippen molar-refractivity contribution in [2.75, 3.05) is 0 Å². The number of nitro groups is 1. The molecular formula is C6HCl2N3O2. The molecule has 0 aliphatic carbocycles. The zero-order chi connectivity index (χ0) is 10.0. The first-order chi connectivity index (χ1) is 6.07. The van der Waals surface area contributed by atoms with Gasteiger partial charge in [-0.15, -0.1) is 0 Å². The summed E-state index contributed by atoms with van der Waals surface area (Å²) in [4.78, 5) is 13.0. The van der Waals surface area contributed by atoms with Crippen LogP contribution in [-0.4, -0.2) is 9.91 Å². The fourth-order valence-corrected chi connectivity index (χ4v) is 1.16. The largest absolute Gasteiger partial charge is 0.307 e. The summed E-state index contributed by atoms with van der Waals surface area (Å²) in [6.07, 6.45) is 0.908. The van der Waals surface area contributed by atoms with Gasteiger partial charge in [-0.1, -0.05) is 23.2 Å². The monoisotopic (exact) mass is 217 g/mol. The van der Waals surface area contributed by atoms with Crippen LogP contribution in [0.1, 0.15) is 5.56 Å². The third kappa shape index (κ3) is 1.69. The van der Waals surface area contributed by atoms with E-state index in [1.165, 1.54) is 0 Å². The van der Waals surface area contributed by atoms with E-state index in [1.807, 2.05) is 0 Å². The molecule has 0 amide bonds. The molecule has 0 N–H and O–H groups in total. The van der Waals surface area contributed by atoms with E-state index in [1.54, 1.807) is 6.07 Å². The summed E-state index contributed by atoms with van der Waals surface area (Å²) in [5.41, 5.74) is -0.611. The third-order valence-electron chi connectivity index (χ3n) is 1.26. The van der Waals surface area contributed by atoms with Crippen LogP contribution in [0, 0.1) is 21.4 Å². The summed E-state index contributed by atoms with van der Waals surface area (Å²) < 4.78 is 0. The van der Waals surface area contributed by atoms with Crippen molar-refractivity contribution in [3.8, 4) is 6.07 Å². The second kappa shape index (κ2) is 3.56. The minimum atomic E-state index is -0.730. The Morgan fingerprint density at radius 2 is 2.23 bits per heavy atom. The molecule has 0 spiro atoms. The molecule has 0 saturated heterocycles. The molecule has 66 valence electrons. The van der Waals surface area contributed by atoms with Crippen LogP contribution >= 0.6 is 23.2 Å². The summed E-state index contributed by atoms with van der Waals surface area (Å²) in [6.45, 7) is 0. The van der Waals surface area contributed by atoms with Crippen LogP contribution in [0.3, 0.4) is 0 Å². The number of nitriles is 1. The predicted octanol–water partition coefficient (Wildman–Crippen LogP) is 2.17. The molecule has 7 heteroatoms. The third-order valence-corrected chi connectivity index (χ3v) is 1.93. The molecule has 0 aromatic carbocycles. The highest BCUT2D eigenvalue weighted by Crippen LogP contribution is 2.30. The minimum absolute atomic E-state index is 0.141. The van der Waals surface area contributed by atoms with Crippen molar-refractivity contribution in [2.45, 2.75) is 0 Å². The van der Waals surface area contributed by atoms with Gasteiger partial charge < -0.3 is 0 Å². The lowest BCUT2D eigenvalue weighted by Crippen LogP contribution is -1.93. The van der Waals surface area contributed by atoms with Crippen molar-refractivity contribution in [3.63, 3.8) is 0 Å². The van der Waals surface area contributed by atoms with Crippen molar-refractivity contribution in [1.29, 1.82) is 5.26 Å². The van der Waals surface area contributed by atoms with Gasteiger partial charge in [0.15, 0.2) is 0 Å². The Morgan fingerprint density at radius 1 is 1.62 bits per heavy atom. The van der Waals surface area contributed by atoms with Crippen LogP contribution < -0.4 is 0 Å². The molecule has 0 atom stereocenters. The van der Waals surface area contributed by atoms with E-state index in [9.17, 15) is 10.1 Å². The van der Waals surface area contributed by atoms with Crippen LogP contribution in [0.2, 0.25) is 10.2 Å². The second-order valence-electron chi connectivity index (χ2n) is 1.99. The fourth-order valence-electron chi connectivity index (χ4n) is 0.680. The Bertz CT molecular complexity index is 413. The molecular weight excluding hydrogens is 217 g/mol. The number of nitrogens with zero attached hydrogens (tertiary/aromatic N) is 3. The predicted molar refractivity (Wildman–Crippen MR) is 45.6 cm³/mol. The normalized spacial score (nSPS) is 9.31. The second-order valence-corrected chi connectivity index (χ2v) is 2.73. The molecule has 0 aliphatic heterocycles. The quantitative estimate of drug-likeness (QED) is 0.411. The van der Waals surface area contributed by atoms with Gasteiger partial charge in [-0.2, -0.15) is 5.26 Å². The first kappa shape index (κ1) is 9.71. The summed E-state index contributed by atoms with van der Waals surface area (Å²) in [5.74, 6) is 0. The topological polar surface area (TPSA) is 79.8 Å². The van der Waals surface area contributed by atoms with Gasteiger partial charge in [0, 0.05) is 0 Å². The van der Waals surface area contributed by atoms with Crippen LogP contribution in [0.5, 0.6) is 0 Å². The summed E-state index contributed by atoms with van der Waals surface area (Å²) >= 11 is 11.0. The maximum Gasteiger partial charge on any atom is 0.307 e. The van der Waals surface area contributed by atoms with E-state index in [2.05, 4.69) is 4.98 Å². The van der Waals surface area contributed by atoms with Crippen molar-refractivity contribution in [3.05, 3.63) is 32.1 Å². The van der Waals surface area contributed by atoms with E-state index in [4.69, 9.17) is 28.5 Å². The Balaban J connectivity index is 3.47. The van der Waals surface area contributed by atoms with Crippen LogP contribution in [-0.2, 0) is 0 Å². The molecule has 1 aromatic rings. The van der Waals surface area contributed by atoms with Gasteiger partial charge in [0.05, 0.1) is 4.92 Å². The first-order valence-corrected chi connectivity index (χ1v) is 3.72. The Morgan fingerprint density at radius 3 is 2.69 bits per heavy atom. The Hall–Kier alpha value is -1.38. The molecule has 1 heterocycles. The Labute approximate surface area is 82.7 Å². The highest BCUT2D eigenvalue weighted by molar-refractivity contribution is 6.37. The fraction of sp³-hybridized carbons (Fsp3) is 0. The van der Waals surface area contributed by atoms with Crippen LogP contribution in [0.4, 0.5) is 5.69 Å². The molecule has 1 rings (SSSR count). The summed E-state index contributed by atoms with van der Waals surface area (Å²) in [7, 11) is 0. The van der Waals surface area contributed by atoms with Gasteiger partial charge in [-0.05, 0) is 0 Å². The minimum Gasteiger partial charge on any atom is -0.258 e. The zero-order valence-corrected chi connectivity index (χ0v) is 7.50. The lowest BCUT2D eigenvalue weighted by Gasteiger charge is -1.97. The molecule has 1 aromatic heterocycles. The van der Waals surface area contributed by atoms with Gasteiger partial charge in [0.2, 0.25) is 0 Å². The number of hydrogen-bond donors (Lipinski definition) is 0. The lowest BCUT2D eigenvalue weighted by molar-refractivity contribution is -0.385.